The van der Waals surface area contributed by atoms with Crippen LogP contribution in [0.5, 0.6) is 0 Å². The SMILES string of the molecule is C(=C\c1nn2c(C34CC5CC(CC(C5)C3)C4)nnc2s1)/c1ccco1. The molecule has 0 saturated heterocycles. The zero-order chi connectivity index (χ0) is 16.4. The number of hydrogen-bond acceptors (Lipinski definition) is 5. The van der Waals surface area contributed by atoms with E-state index in [-0.39, 0.29) is 5.41 Å². The van der Waals surface area contributed by atoms with Gasteiger partial charge in [0.05, 0.1) is 6.26 Å². The van der Waals surface area contributed by atoms with E-state index in [0.29, 0.717) is 0 Å². The monoisotopic (exact) mass is 352 g/mol. The predicted octanol–water partition coefficient (Wildman–Crippen LogP) is 4.42. The van der Waals surface area contributed by atoms with E-state index in [4.69, 9.17) is 9.52 Å². The van der Waals surface area contributed by atoms with Crippen LogP contribution in [0.1, 0.15) is 55.1 Å². The molecule has 0 aromatic carbocycles. The third-order valence-corrected chi connectivity index (χ3v) is 7.32. The molecule has 4 aliphatic rings. The summed E-state index contributed by atoms with van der Waals surface area (Å²) in [7, 11) is 0. The molecule has 0 N–H and O–H groups in total. The van der Waals surface area contributed by atoms with E-state index >= 15 is 0 Å². The van der Waals surface area contributed by atoms with Crippen molar-refractivity contribution < 1.29 is 4.42 Å². The fourth-order valence-corrected chi connectivity index (χ4v) is 6.69. The summed E-state index contributed by atoms with van der Waals surface area (Å²) in [4.78, 5) is 0.907. The van der Waals surface area contributed by atoms with Crippen molar-refractivity contribution in [3.05, 3.63) is 35.0 Å². The van der Waals surface area contributed by atoms with Crippen LogP contribution in [0.15, 0.2) is 22.8 Å². The standard InChI is InChI=1S/C19H20N4OS/c1-2-15(24-5-1)3-4-16-22-23-17(20-21-18(23)25-16)19-9-12-6-13(10-19)8-14(7-12)11-19/h1-5,12-14H,6-11H2/b4-3+. The van der Waals surface area contributed by atoms with Crippen molar-refractivity contribution in [2.75, 3.05) is 0 Å². The van der Waals surface area contributed by atoms with Crippen molar-refractivity contribution in [1.29, 1.82) is 0 Å². The topological polar surface area (TPSA) is 56.2 Å². The molecule has 0 spiro atoms. The van der Waals surface area contributed by atoms with E-state index in [1.807, 2.05) is 28.8 Å². The summed E-state index contributed by atoms with van der Waals surface area (Å²) >= 11 is 1.59. The fraction of sp³-hybridized carbons (Fsp3) is 0.526. The van der Waals surface area contributed by atoms with Gasteiger partial charge in [-0.2, -0.15) is 9.61 Å². The highest BCUT2D eigenvalue weighted by Gasteiger charge is 2.54. The Morgan fingerprint density at radius 3 is 2.52 bits per heavy atom. The van der Waals surface area contributed by atoms with Crippen molar-refractivity contribution >= 4 is 28.4 Å². The third-order valence-electron chi connectivity index (χ3n) is 6.45. The van der Waals surface area contributed by atoms with E-state index < -0.39 is 0 Å². The largest absolute Gasteiger partial charge is 0.465 e. The number of fused-ring (bicyclic) bond motifs is 1. The lowest BCUT2D eigenvalue weighted by Gasteiger charge is -2.55. The van der Waals surface area contributed by atoms with Crippen LogP contribution in [0.2, 0.25) is 0 Å². The van der Waals surface area contributed by atoms with Crippen LogP contribution in [0.4, 0.5) is 0 Å². The average Bonchev–Trinajstić information content (AvgIpc) is 3.28. The van der Waals surface area contributed by atoms with Crippen molar-refractivity contribution in [1.82, 2.24) is 19.8 Å². The molecule has 3 aromatic rings. The Kier molecular flexibility index (Phi) is 2.87. The minimum absolute atomic E-state index is 0.226. The highest BCUT2D eigenvalue weighted by Crippen LogP contribution is 2.60. The Balaban J connectivity index is 1.38. The predicted molar refractivity (Wildman–Crippen MR) is 96.1 cm³/mol. The molecule has 0 radical (unpaired) electrons. The number of rotatable bonds is 3. The van der Waals surface area contributed by atoms with Gasteiger partial charge in [0.1, 0.15) is 10.8 Å². The zero-order valence-corrected chi connectivity index (χ0v) is 14.8. The maximum Gasteiger partial charge on any atom is 0.234 e. The summed E-state index contributed by atoms with van der Waals surface area (Å²) in [6, 6.07) is 3.83. The summed E-state index contributed by atoms with van der Waals surface area (Å²) in [5.74, 6) is 4.66. The molecule has 6 heteroatoms. The van der Waals surface area contributed by atoms with Gasteiger partial charge in [0.2, 0.25) is 4.96 Å². The number of hydrogen-bond donors (Lipinski definition) is 0. The van der Waals surface area contributed by atoms with E-state index in [1.165, 1.54) is 38.5 Å². The molecule has 0 atom stereocenters. The molecule has 3 aromatic heterocycles. The van der Waals surface area contributed by atoms with Crippen LogP contribution in [-0.4, -0.2) is 19.8 Å². The zero-order valence-electron chi connectivity index (χ0n) is 14.0. The summed E-state index contributed by atoms with van der Waals surface area (Å²) in [5.41, 5.74) is 0.226. The molecule has 5 nitrogen and oxygen atoms in total. The Morgan fingerprint density at radius 1 is 1.08 bits per heavy atom. The van der Waals surface area contributed by atoms with Crippen LogP contribution < -0.4 is 0 Å². The van der Waals surface area contributed by atoms with Gasteiger partial charge in [0.25, 0.3) is 0 Å². The number of furan rings is 1. The van der Waals surface area contributed by atoms with Gasteiger partial charge in [-0.05, 0) is 80.6 Å². The molecule has 0 unspecified atom stereocenters. The molecule has 128 valence electrons. The summed E-state index contributed by atoms with van der Waals surface area (Å²) < 4.78 is 7.38. The minimum Gasteiger partial charge on any atom is -0.465 e. The smallest absolute Gasteiger partial charge is 0.234 e. The van der Waals surface area contributed by atoms with E-state index in [0.717, 1.165) is 39.3 Å². The normalized spacial score (nSPS) is 33.8. The molecular weight excluding hydrogens is 332 g/mol. The summed E-state index contributed by atoms with van der Waals surface area (Å²) in [5, 5.41) is 14.8. The Hall–Kier alpha value is -1.95. The van der Waals surface area contributed by atoms with Gasteiger partial charge in [-0.25, -0.2) is 0 Å². The fourth-order valence-electron chi connectivity index (χ4n) is 5.95. The number of aromatic nitrogens is 4. The van der Waals surface area contributed by atoms with Crippen LogP contribution in [0.3, 0.4) is 0 Å². The van der Waals surface area contributed by atoms with E-state index in [1.54, 1.807) is 17.6 Å². The molecule has 3 heterocycles. The molecular formula is C19H20N4OS. The van der Waals surface area contributed by atoms with Crippen molar-refractivity contribution in [2.45, 2.75) is 43.9 Å². The summed E-state index contributed by atoms with van der Waals surface area (Å²) in [6.45, 7) is 0. The van der Waals surface area contributed by atoms with Crippen LogP contribution in [-0.2, 0) is 5.41 Å². The first-order valence-electron chi connectivity index (χ1n) is 9.22. The van der Waals surface area contributed by atoms with Crippen LogP contribution >= 0.6 is 11.3 Å². The lowest BCUT2D eigenvalue weighted by Crippen LogP contribution is -2.49. The van der Waals surface area contributed by atoms with E-state index in [2.05, 4.69) is 10.2 Å². The third kappa shape index (κ3) is 2.16. The average molecular weight is 352 g/mol. The lowest BCUT2D eigenvalue weighted by atomic mass is 9.49. The lowest BCUT2D eigenvalue weighted by molar-refractivity contribution is -0.0103. The van der Waals surface area contributed by atoms with Crippen molar-refractivity contribution in [2.24, 2.45) is 17.8 Å². The van der Waals surface area contributed by atoms with E-state index in [9.17, 15) is 0 Å². The highest BCUT2D eigenvalue weighted by molar-refractivity contribution is 7.17. The van der Waals surface area contributed by atoms with Crippen LogP contribution in [0.25, 0.3) is 17.1 Å². The second-order valence-corrected chi connectivity index (χ2v) is 9.19. The van der Waals surface area contributed by atoms with Gasteiger partial charge < -0.3 is 4.42 Å². The van der Waals surface area contributed by atoms with Crippen LogP contribution in [0, 0.1) is 17.8 Å². The first-order chi connectivity index (χ1) is 12.3. The van der Waals surface area contributed by atoms with Crippen molar-refractivity contribution in [3.8, 4) is 0 Å². The molecule has 7 rings (SSSR count). The minimum atomic E-state index is 0.226. The first kappa shape index (κ1) is 14.2. The highest BCUT2D eigenvalue weighted by atomic mass is 32.1. The molecule has 4 fully saturated rings. The molecule has 25 heavy (non-hydrogen) atoms. The van der Waals surface area contributed by atoms with Gasteiger partial charge in [0.15, 0.2) is 5.82 Å². The van der Waals surface area contributed by atoms with Gasteiger partial charge >= 0.3 is 0 Å². The molecule has 0 amide bonds. The molecule has 4 saturated carbocycles. The van der Waals surface area contributed by atoms with Gasteiger partial charge in [0, 0.05) is 5.41 Å². The summed E-state index contributed by atoms with van der Waals surface area (Å²) in [6.07, 6.45) is 13.8. The first-order valence-corrected chi connectivity index (χ1v) is 10.0. The molecule has 4 bridgehead atoms. The molecule has 4 aliphatic carbocycles. The Labute approximate surface area is 149 Å². The second kappa shape index (κ2) is 5.04. The quantitative estimate of drug-likeness (QED) is 0.700. The maximum atomic E-state index is 5.35. The number of nitrogens with zero attached hydrogens (tertiary/aromatic N) is 4. The van der Waals surface area contributed by atoms with Gasteiger partial charge in [-0.15, -0.1) is 10.2 Å². The van der Waals surface area contributed by atoms with Gasteiger partial charge in [-0.1, -0.05) is 11.3 Å². The second-order valence-electron chi connectivity index (χ2n) is 8.20. The maximum absolute atomic E-state index is 5.35. The van der Waals surface area contributed by atoms with Gasteiger partial charge in [-0.3, -0.25) is 0 Å². The Bertz CT molecular complexity index is 916. The Morgan fingerprint density at radius 2 is 1.84 bits per heavy atom. The molecule has 0 aliphatic heterocycles. The van der Waals surface area contributed by atoms with Crippen molar-refractivity contribution in [3.63, 3.8) is 0 Å².